The van der Waals surface area contributed by atoms with Crippen molar-refractivity contribution in [2.24, 2.45) is 5.92 Å². The first-order valence-corrected chi connectivity index (χ1v) is 11.2. The van der Waals surface area contributed by atoms with Crippen LogP contribution < -0.4 is 14.8 Å². The molecule has 1 saturated carbocycles. The fourth-order valence-electron chi connectivity index (χ4n) is 3.58. The maximum Gasteiger partial charge on any atom is 0.453 e. The second-order valence-corrected chi connectivity index (χ2v) is 8.97. The number of rotatable bonds is 10. The fraction of sp³-hybridized carbons (Fsp3) is 0.417. The van der Waals surface area contributed by atoms with Crippen LogP contribution in [0.4, 0.5) is 0 Å². The van der Waals surface area contributed by atoms with E-state index < -0.39 is 23.8 Å². The lowest BCUT2D eigenvalue weighted by Crippen LogP contribution is -2.55. The van der Waals surface area contributed by atoms with Crippen LogP contribution in [-0.4, -0.2) is 47.1 Å². The zero-order chi connectivity index (χ0) is 23.6. The number of aliphatic hydroxyl groups is 1. The van der Waals surface area contributed by atoms with Gasteiger partial charge in [0.15, 0.2) is 11.5 Å². The van der Waals surface area contributed by atoms with Gasteiger partial charge >= 0.3 is 17.7 Å². The van der Waals surface area contributed by atoms with E-state index in [9.17, 15) is 19.8 Å². The Bertz CT molecular complexity index is 1040. The number of aliphatic carboxylic acids is 1. The molecule has 1 aliphatic carbocycles. The van der Waals surface area contributed by atoms with E-state index in [1.54, 1.807) is 36.4 Å². The Morgan fingerprint density at radius 2 is 1.97 bits per heavy atom. The number of carboxylic acids is 1. The van der Waals surface area contributed by atoms with Crippen LogP contribution in [0, 0.1) is 5.92 Å². The Morgan fingerprint density at radius 1 is 1.21 bits per heavy atom. The Kier molecular flexibility index (Phi) is 6.78. The number of benzene rings is 2. The second-order valence-electron chi connectivity index (χ2n) is 8.53. The van der Waals surface area contributed by atoms with Crippen molar-refractivity contribution < 1.29 is 34.0 Å². The average molecular weight is 476 g/mol. The highest BCUT2D eigenvalue weighted by Gasteiger charge is 2.59. The number of carbonyl (C=O) groups excluding carboxylic acids is 1. The van der Waals surface area contributed by atoms with E-state index in [1.165, 1.54) is 0 Å². The van der Waals surface area contributed by atoms with Crippen LogP contribution in [0.2, 0.25) is 5.02 Å². The highest BCUT2D eigenvalue weighted by Crippen LogP contribution is 2.41. The summed E-state index contributed by atoms with van der Waals surface area (Å²) in [7, 11) is 0. The van der Waals surface area contributed by atoms with Gasteiger partial charge in [0.2, 0.25) is 0 Å². The number of fused-ring (bicyclic) bond motifs is 1. The Labute approximate surface area is 196 Å². The molecule has 33 heavy (non-hydrogen) atoms. The summed E-state index contributed by atoms with van der Waals surface area (Å²) in [5.74, 6) is -4.54. The van der Waals surface area contributed by atoms with Gasteiger partial charge in [-0.25, -0.2) is 9.59 Å². The number of esters is 1. The van der Waals surface area contributed by atoms with Gasteiger partial charge in [-0.1, -0.05) is 29.8 Å². The first-order chi connectivity index (χ1) is 15.8. The summed E-state index contributed by atoms with van der Waals surface area (Å²) in [5.41, 5.74) is 1.57. The van der Waals surface area contributed by atoms with E-state index in [-0.39, 0.29) is 30.1 Å². The van der Waals surface area contributed by atoms with Crippen LogP contribution in [0.25, 0.3) is 0 Å². The molecule has 4 rings (SSSR count). The molecule has 0 amide bonds. The van der Waals surface area contributed by atoms with Crippen LogP contribution in [0.15, 0.2) is 42.5 Å². The Hall–Kier alpha value is -2.81. The topological polar surface area (TPSA) is 114 Å². The third-order valence-electron chi connectivity index (χ3n) is 5.65. The standard InChI is InChI=1S/C24H26ClNO7/c1-14(26-12-19(27)17-3-2-4-18(25)11-17)9-16-7-8-20-21(10-16)33-24(32-20,22(28)29)23(30)31-13-15-5-6-15/h2-4,7-8,10-11,14-15,19,26-27H,5-6,9,12-13H2,1H3,(H,28,29)/t14-,19+,24?/m1/s1. The van der Waals surface area contributed by atoms with Gasteiger partial charge in [0.25, 0.3) is 0 Å². The van der Waals surface area contributed by atoms with Crippen molar-refractivity contribution in [3.8, 4) is 11.5 Å². The molecule has 3 atom stereocenters. The van der Waals surface area contributed by atoms with E-state index in [2.05, 4.69) is 5.32 Å². The van der Waals surface area contributed by atoms with E-state index >= 15 is 0 Å². The SMILES string of the molecule is C[C@H](Cc1ccc2c(c1)OC(C(=O)O)(C(=O)OCC1CC1)O2)NC[C@H](O)c1cccc(Cl)c1. The van der Waals surface area contributed by atoms with E-state index in [1.807, 2.05) is 13.0 Å². The molecule has 1 unspecified atom stereocenters. The maximum atomic E-state index is 12.5. The van der Waals surface area contributed by atoms with E-state index in [4.69, 9.17) is 25.8 Å². The minimum absolute atomic E-state index is 0.00746. The average Bonchev–Trinajstić information content (AvgIpc) is 3.53. The number of aliphatic hydroxyl groups excluding tert-OH is 1. The summed E-state index contributed by atoms with van der Waals surface area (Å²) < 4.78 is 16.0. The zero-order valence-corrected chi connectivity index (χ0v) is 18.9. The Morgan fingerprint density at radius 3 is 2.67 bits per heavy atom. The predicted octanol–water partition coefficient (Wildman–Crippen LogP) is 3.10. The summed E-state index contributed by atoms with van der Waals surface area (Å²) in [4.78, 5) is 24.3. The van der Waals surface area contributed by atoms with E-state index in [0.29, 0.717) is 18.0 Å². The largest absolute Gasteiger partial charge is 0.475 e. The molecule has 1 aliphatic heterocycles. The van der Waals surface area contributed by atoms with Crippen LogP contribution in [0.1, 0.15) is 37.0 Å². The van der Waals surface area contributed by atoms with Gasteiger partial charge in [-0.05, 0) is 67.5 Å². The third-order valence-corrected chi connectivity index (χ3v) is 5.88. The molecule has 2 aliphatic rings. The molecule has 0 spiro atoms. The summed E-state index contributed by atoms with van der Waals surface area (Å²) in [6, 6.07) is 12.1. The van der Waals surface area contributed by atoms with Crippen LogP contribution in [0.5, 0.6) is 11.5 Å². The zero-order valence-electron chi connectivity index (χ0n) is 18.1. The lowest BCUT2D eigenvalue weighted by Gasteiger charge is -2.20. The van der Waals surface area contributed by atoms with Gasteiger partial charge in [-0.2, -0.15) is 0 Å². The van der Waals surface area contributed by atoms with E-state index in [0.717, 1.165) is 24.0 Å². The van der Waals surface area contributed by atoms with Gasteiger partial charge < -0.3 is 29.7 Å². The lowest BCUT2D eigenvalue weighted by molar-refractivity contribution is -0.199. The summed E-state index contributed by atoms with van der Waals surface area (Å²) in [5, 5.41) is 23.8. The van der Waals surface area contributed by atoms with Crippen LogP contribution in [0.3, 0.4) is 0 Å². The molecule has 0 bridgehead atoms. The molecule has 1 fully saturated rings. The van der Waals surface area contributed by atoms with Gasteiger partial charge in [0.1, 0.15) is 0 Å². The smallest absolute Gasteiger partial charge is 0.453 e. The monoisotopic (exact) mass is 475 g/mol. The van der Waals surface area contributed by atoms with Gasteiger partial charge in [0, 0.05) is 17.6 Å². The number of halogens is 1. The highest BCUT2D eigenvalue weighted by atomic mass is 35.5. The summed E-state index contributed by atoms with van der Waals surface area (Å²) >= 11 is 5.98. The van der Waals surface area contributed by atoms with Crippen molar-refractivity contribution in [3.05, 3.63) is 58.6 Å². The predicted molar refractivity (Wildman–Crippen MR) is 119 cm³/mol. The highest BCUT2D eigenvalue weighted by molar-refractivity contribution is 6.30. The fourth-order valence-corrected chi connectivity index (χ4v) is 3.77. The molecule has 3 N–H and O–H groups in total. The van der Waals surface area contributed by atoms with Gasteiger partial charge in [-0.3, -0.25) is 0 Å². The van der Waals surface area contributed by atoms with Crippen molar-refractivity contribution in [3.63, 3.8) is 0 Å². The van der Waals surface area contributed by atoms with Crippen molar-refractivity contribution >= 4 is 23.5 Å². The molecule has 9 heteroatoms. The molecule has 176 valence electrons. The number of nitrogens with one attached hydrogen (secondary N) is 1. The van der Waals surface area contributed by atoms with Crippen molar-refractivity contribution in [1.29, 1.82) is 0 Å². The van der Waals surface area contributed by atoms with Gasteiger partial charge in [0.05, 0.1) is 12.7 Å². The second kappa shape index (κ2) is 9.59. The number of carbonyl (C=O) groups is 2. The minimum Gasteiger partial charge on any atom is -0.475 e. The summed E-state index contributed by atoms with van der Waals surface area (Å²) in [6.07, 6.45) is 1.79. The van der Waals surface area contributed by atoms with Gasteiger partial charge in [-0.15, -0.1) is 0 Å². The first kappa shape index (κ1) is 23.4. The van der Waals surface area contributed by atoms with Crippen molar-refractivity contribution in [1.82, 2.24) is 5.32 Å². The van der Waals surface area contributed by atoms with Crippen molar-refractivity contribution in [2.45, 2.75) is 44.1 Å². The summed E-state index contributed by atoms with van der Waals surface area (Å²) in [6.45, 7) is 2.46. The van der Waals surface area contributed by atoms with Crippen LogP contribution >= 0.6 is 11.6 Å². The molecular weight excluding hydrogens is 450 g/mol. The normalized spacial score (nSPS) is 20.8. The molecule has 8 nitrogen and oxygen atoms in total. The Balaban J connectivity index is 1.36. The number of ether oxygens (including phenoxy) is 3. The number of hydrogen-bond acceptors (Lipinski definition) is 7. The number of hydrogen-bond donors (Lipinski definition) is 3. The van der Waals surface area contributed by atoms with Crippen molar-refractivity contribution in [2.75, 3.05) is 13.2 Å². The third kappa shape index (κ3) is 5.40. The van der Waals surface area contributed by atoms with Crippen LogP contribution in [-0.2, 0) is 20.7 Å². The number of carboxylic acid groups (broad SMARTS) is 1. The lowest BCUT2D eigenvalue weighted by atomic mass is 10.1. The minimum atomic E-state index is -2.53. The maximum absolute atomic E-state index is 12.5. The molecule has 2 aromatic rings. The molecule has 0 aromatic heterocycles. The first-order valence-electron chi connectivity index (χ1n) is 10.9. The molecule has 2 aromatic carbocycles. The molecule has 0 radical (unpaired) electrons. The molecular formula is C24H26ClNO7. The molecule has 1 heterocycles. The quantitative estimate of drug-likeness (QED) is 0.355. The molecule has 0 saturated heterocycles.